The highest BCUT2D eigenvalue weighted by atomic mass is 32.1. The molecule has 0 unspecified atom stereocenters. The summed E-state index contributed by atoms with van der Waals surface area (Å²) in [5, 5.41) is 0.946. The number of benzene rings is 1. The van der Waals surface area contributed by atoms with Gasteiger partial charge in [-0.1, -0.05) is 6.07 Å². The van der Waals surface area contributed by atoms with Gasteiger partial charge in [0, 0.05) is 24.3 Å². The number of hydrogen-bond donors (Lipinski definition) is 0. The van der Waals surface area contributed by atoms with Gasteiger partial charge in [0.2, 0.25) is 0 Å². The molecule has 0 bridgehead atoms. The molecular weight excluding hydrogens is 263 g/mol. The second kappa shape index (κ2) is 5.39. The Morgan fingerprint density at radius 1 is 1.32 bits per heavy atom. The molecular formula is C15H15FO2S. The van der Waals surface area contributed by atoms with Crippen molar-refractivity contribution in [1.82, 2.24) is 0 Å². The van der Waals surface area contributed by atoms with Crippen molar-refractivity contribution in [3.63, 3.8) is 0 Å². The van der Waals surface area contributed by atoms with Crippen LogP contribution in [0.4, 0.5) is 4.39 Å². The summed E-state index contributed by atoms with van der Waals surface area (Å²) in [7, 11) is 0. The van der Waals surface area contributed by atoms with E-state index in [9.17, 15) is 9.18 Å². The van der Waals surface area contributed by atoms with Gasteiger partial charge in [0.15, 0.2) is 5.78 Å². The first-order chi connectivity index (χ1) is 9.22. The smallest absolute Gasteiger partial charge is 0.173 e. The summed E-state index contributed by atoms with van der Waals surface area (Å²) in [5.74, 6) is 0.356. The second-order valence-corrected chi connectivity index (χ2v) is 6.06. The summed E-state index contributed by atoms with van der Waals surface area (Å²) in [4.78, 5) is 13.0. The number of carbonyl (C=O) groups excluding carboxylic acids is 1. The molecule has 2 nitrogen and oxygen atoms in total. The van der Waals surface area contributed by atoms with Crippen LogP contribution in [0, 0.1) is 11.7 Å². The molecule has 0 aliphatic carbocycles. The van der Waals surface area contributed by atoms with Crippen LogP contribution in [0.15, 0.2) is 24.3 Å². The number of Topliss-reactive ketones (excluding diaryl/α,β-unsaturated/α-hetero) is 1. The van der Waals surface area contributed by atoms with Gasteiger partial charge in [0.25, 0.3) is 0 Å². The van der Waals surface area contributed by atoms with Gasteiger partial charge >= 0.3 is 0 Å². The van der Waals surface area contributed by atoms with Crippen LogP contribution >= 0.6 is 11.3 Å². The highest BCUT2D eigenvalue weighted by Gasteiger charge is 2.19. The number of thiophene rings is 1. The molecule has 1 aromatic heterocycles. The van der Waals surface area contributed by atoms with Gasteiger partial charge in [-0.15, -0.1) is 11.3 Å². The summed E-state index contributed by atoms with van der Waals surface area (Å²) in [6, 6.07) is 6.53. The van der Waals surface area contributed by atoms with Gasteiger partial charge in [-0.3, -0.25) is 4.79 Å². The predicted molar refractivity (Wildman–Crippen MR) is 74.3 cm³/mol. The minimum Gasteiger partial charge on any atom is -0.381 e. The summed E-state index contributed by atoms with van der Waals surface area (Å²) in [5.41, 5.74) is 0. The first-order valence-electron chi connectivity index (χ1n) is 6.52. The molecule has 0 amide bonds. The van der Waals surface area contributed by atoms with Crippen molar-refractivity contribution in [3.8, 4) is 0 Å². The van der Waals surface area contributed by atoms with Crippen LogP contribution in [0.5, 0.6) is 0 Å². The number of ether oxygens (including phenoxy) is 1. The van der Waals surface area contributed by atoms with Gasteiger partial charge in [-0.05, 0) is 42.3 Å². The molecule has 1 aromatic carbocycles. The van der Waals surface area contributed by atoms with E-state index in [0.29, 0.717) is 12.3 Å². The van der Waals surface area contributed by atoms with Gasteiger partial charge in [0.1, 0.15) is 5.82 Å². The zero-order valence-corrected chi connectivity index (χ0v) is 11.3. The molecule has 1 aliphatic heterocycles. The van der Waals surface area contributed by atoms with E-state index in [0.717, 1.165) is 41.0 Å². The molecule has 2 heterocycles. The molecule has 3 rings (SSSR count). The molecule has 0 N–H and O–H groups in total. The fourth-order valence-corrected chi connectivity index (χ4v) is 3.49. The molecule has 0 saturated carbocycles. The van der Waals surface area contributed by atoms with Gasteiger partial charge in [-0.25, -0.2) is 4.39 Å². The number of hydrogen-bond acceptors (Lipinski definition) is 3. The zero-order chi connectivity index (χ0) is 13.2. The molecule has 100 valence electrons. The minimum atomic E-state index is -0.252. The summed E-state index contributed by atoms with van der Waals surface area (Å²) in [6.45, 7) is 1.52. The lowest BCUT2D eigenvalue weighted by Crippen LogP contribution is -2.18. The highest BCUT2D eigenvalue weighted by molar-refractivity contribution is 7.20. The Balaban J connectivity index is 1.77. The molecule has 0 radical (unpaired) electrons. The lowest BCUT2D eigenvalue weighted by Gasteiger charge is -2.20. The van der Waals surface area contributed by atoms with Crippen LogP contribution in [0.2, 0.25) is 0 Å². The second-order valence-electron chi connectivity index (χ2n) is 4.98. The summed E-state index contributed by atoms with van der Waals surface area (Å²) >= 11 is 1.39. The van der Waals surface area contributed by atoms with Crippen LogP contribution in [-0.2, 0) is 4.74 Å². The number of rotatable bonds is 3. The predicted octanol–water partition coefficient (Wildman–Crippen LogP) is 4.04. The quantitative estimate of drug-likeness (QED) is 0.792. The first-order valence-corrected chi connectivity index (χ1v) is 7.34. The molecule has 0 atom stereocenters. The lowest BCUT2D eigenvalue weighted by molar-refractivity contribution is 0.0602. The molecule has 2 aromatic rings. The standard InChI is InChI=1S/C15H15FO2S/c16-12-2-1-11-8-15(19-14(11)9-12)13(17)7-10-3-5-18-6-4-10/h1-2,8-10H,3-7H2. The zero-order valence-electron chi connectivity index (χ0n) is 10.5. The Labute approximate surface area is 115 Å². The van der Waals surface area contributed by atoms with E-state index in [-0.39, 0.29) is 11.6 Å². The maximum Gasteiger partial charge on any atom is 0.173 e. The lowest BCUT2D eigenvalue weighted by atomic mass is 9.94. The van der Waals surface area contributed by atoms with E-state index in [4.69, 9.17) is 4.74 Å². The van der Waals surface area contributed by atoms with Gasteiger partial charge < -0.3 is 4.74 Å². The third-order valence-corrected chi connectivity index (χ3v) is 4.71. The van der Waals surface area contributed by atoms with E-state index in [1.54, 1.807) is 6.07 Å². The van der Waals surface area contributed by atoms with E-state index >= 15 is 0 Å². The van der Waals surface area contributed by atoms with Crippen LogP contribution in [0.3, 0.4) is 0 Å². The van der Waals surface area contributed by atoms with Crippen molar-refractivity contribution in [2.75, 3.05) is 13.2 Å². The molecule has 1 aliphatic rings. The van der Waals surface area contributed by atoms with Crippen LogP contribution in [0.25, 0.3) is 10.1 Å². The third kappa shape index (κ3) is 2.85. The van der Waals surface area contributed by atoms with E-state index in [1.165, 1.54) is 23.5 Å². The number of carbonyl (C=O) groups is 1. The monoisotopic (exact) mass is 278 g/mol. The minimum absolute atomic E-state index is 0.175. The fraction of sp³-hybridized carbons (Fsp3) is 0.400. The van der Waals surface area contributed by atoms with Gasteiger partial charge in [0.05, 0.1) is 4.88 Å². The van der Waals surface area contributed by atoms with Crippen LogP contribution < -0.4 is 0 Å². The molecule has 1 fully saturated rings. The summed E-state index contributed by atoms with van der Waals surface area (Å²) in [6.07, 6.45) is 2.51. The Morgan fingerprint density at radius 3 is 2.89 bits per heavy atom. The molecule has 1 saturated heterocycles. The fourth-order valence-electron chi connectivity index (χ4n) is 2.46. The number of ketones is 1. The first kappa shape index (κ1) is 12.8. The van der Waals surface area contributed by atoms with Crippen molar-refractivity contribution in [3.05, 3.63) is 35.0 Å². The molecule has 4 heteroatoms. The summed E-state index contributed by atoms with van der Waals surface area (Å²) < 4.78 is 19.3. The Kier molecular flexibility index (Phi) is 3.62. The topological polar surface area (TPSA) is 26.3 Å². The maximum atomic E-state index is 13.1. The van der Waals surface area contributed by atoms with Crippen molar-refractivity contribution < 1.29 is 13.9 Å². The average molecular weight is 278 g/mol. The third-order valence-electron chi connectivity index (χ3n) is 3.57. The average Bonchev–Trinajstić information content (AvgIpc) is 2.83. The Morgan fingerprint density at radius 2 is 2.11 bits per heavy atom. The maximum absolute atomic E-state index is 13.1. The molecule has 0 spiro atoms. The Bertz CT molecular complexity index is 599. The SMILES string of the molecule is O=C(CC1CCOCC1)c1cc2ccc(F)cc2s1. The van der Waals surface area contributed by atoms with Crippen LogP contribution in [0.1, 0.15) is 28.9 Å². The van der Waals surface area contributed by atoms with Crippen molar-refractivity contribution >= 4 is 27.2 Å². The van der Waals surface area contributed by atoms with E-state index in [1.807, 2.05) is 6.07 Å². The largest absolute Gasteiger partial charge is 0.381 e. The van der Waals surface area contributed by atoms with Crippen molar-refractivity contribution in [1.29, 1.82) is 0 Å². The van der Waals surface area contributed by atoms with Crippen molar-refractivity contribution in [2.24, 2.45) is 5.92 Å². The molecule has 19 heavy (non-hydrogen) atoms. The van der Waals surface area contributed by atoms with Gasteiger partial charge in [-0.2, -0.15) is 0 Å². The number of halogens is 1. The van der Waals surface area contributed by atoms with E-state index < -0.39 is 0 Å². The van der Waals surface area contributed by atoms with E-state index in [2.05, 4.69) is 0 Å². The highest BCUT2D eigenvalue weighted by Crippen LogP contribution is 2.29. The van der Waals surface area contributed by atoms with Crippen LogP contribution in [-0.4, -0.2) is 19.0 Å². The normalized spacial score (nSPS) is 16.9. The van der Waals surface area contributed by atoms with Crippen molar-refractivity contribution in [2.45, 2.75) is 19.3 Å². The Hall–Kier alpha value is -1.26. The number of fused-ring (bicyclic) bond motifs is 1.